The second kappa shape index (κ2) is 6.39. The van der Waals surface area contributed by atoms with E-state index in [1.54, 1.807) is 30.9 Å². The van der Waals surface area contributed by atoms with Crippen LogP contribution in [0, 0.1) is 0 Å². The third kappa shape index (κ3) is 3.10. The Balaban J connectivity index is 1.58. The molecule has 0 bridgehead atoms. The number of nitrogens with zero attached hydrogens (tertiary/aromatic N) is 5. The second-order valence-electron chi connectivity index (χ2n) is 6.12. The molecule has 25 heavy (non-hydrogen) atoms. The van der Waals surface area contributed by atoms with Crippen molar-refractivity contribution in [2.45, 2.75) is 12.0 Å². The highest BCUT2D eigenvalue weighted by Crippen LogP contribution is 2.29. The van der Waals surface area contributed by atoms with Crippen LogP contribution in [0.3, 0.4) is 0 Å². The van der Waals surface area contributed by atoms with E-state index < -0.39 is 0 Å². The molecular formula is C17H18N6O2. The Hall–Kier alpha value is -3.16. The van der Waals surface area contributed by atoms with Crippen LogP contribution in [0.2, 0.25) is 0 Å². The molecule has 1 aliphatic rings. The first-order valence-electron chi connectivity index (χ1n) is 8.03. The van der Waals surface area contributed by atoms with Crippen molar-refractivity contribution >= 4 is 11.9 Å². The first-order valence-corrected chi connectivity index (χ1v) is 8.03. The summed E-state index contributed by atoms with van der Waals surface area (Å²) in [6, 6.07) is 3.43. The van der Waals surface area contributed by atoms with E-state index in [0.29, 0.717) is 24.6 Å². The molecule has 1 N–H and O–H groups in total. The van der Waals surface area contributed by atoms with Crippen LogP contribution in [0.1, 0.15) is 22.0 Å². The highest BCUT2D eigenvalue weighted by atomic mass is 16.3. The van der Waals surface area contributed by atoms with Crippen LogP contribution >= 0.6 is 0 Å². The maximum Gasteiger partial charge on any atom is 0.257 e. The summed E-state index contributed by atoms with van der Waals surface area (Å²) in [7, 11) is 1.93. The van der Waals surface area contributed by atoms with Gasteiger partial charge in [-0.2, -0.15) is 0 Å². The summed E-state index contributed by atoms with van der Waals surface area (Å²) in [4.78, 5) is 27.4. The number of nitrogens with one attached hydrogen (secondary N) is 1. The number of anilines is 1. The van der Waals surface area contributed by atoms with Crippen molar-refractivity contribution in [3.63, 3.8) is 0 Å². The highest BCUT2D eigenvalue weighted by Gasteiger charge is 2.38. The standard InChI is InChI=1S/C17H18N6O2/c1-22-8-14(20-11-22)13-7-23(16(24)12-3-6-25-10-12)9-15(13)21-17-18-4-2-5-19-17/h2-6,8,10-11,13,15H,7,9H2,1H3,(H,18,19,21)/t13-,15+/m0/s1. The van der Waals surface area contributed by atoms with Crippen LogP contribution in [0.4, 0.5) is 5.95 Å². The molecule has 0 unspecified atom stereocenters. The Labute approximate surface area is 144 Å². The van der Waals surface area contributed by atoms with Gasteiger partial charge in [-0.05, 0) is 12.1 Å². The zero-order valence-corrected chi connectivity index (χ0v) is 13.7. The number of carbonyl (C=O) groups excluding carboxylic acids is 1. The maximum absolute atomic E-state index is 12.7. The van der Waals surface area contributed by atoms with Crippen molar-refractivity contribution in [1.82, 2.24) is 24.4 Å². The topological polar surface area (TPSA) is 89.1 Å². The zero-order chi connectivity index (χ0) is 17.2. The van der Waals surface area contributed by atoms with Crippen molar-refractivity contribution in [3.05, 3.63) is 60.8 Å². The van der Waals surface area contributed by atoms with Gasteiger partial charge in [-0.15, -0.1) is 0 Å². The van der Waals surface area contributed by atoms with E-state index in [-0.39, 0.29) is 17.9 Å². The fraction of sp³-hybridized carbons (Fsp3) is 0.294. The summed E-state index contributed by atoms with van der Waals surface area (Å²) in [6.07, 6.45) is 10.1. The van der Waals surface area contributed by atoms with Gasteiger partial charge in [0.15, 0.2) is 0 Å². The Bertz CT molecular complexity index is 845. The van der Waals surface area contributed by atoms with Gasteiger partial charge in [0.2, 0.25) is 5.95 Å². The molecule has 4 rings (SSSR count). The molecule has 1 fully saturated rings. The van der Waals surface area contributed by atoms with Gasteiger partial charge in [0.05, 0.1) is 29.9 Å². The molecule has 128 valence electrons. The molecule has 3 aromatic rings. The van der Waals surface area contributed by atoms with E-state index in [4.69, 9.17) is 4.42 Å². The van der Waals surface area contributed by atoms with E-state index in [1.807, 2.05) is 22.7 Å². The number of amides is 1. The lowest BCUT2D eigenvalue weighted by Gasteiger charge is -2.17. The molecule has 1 saturated heterocycles. The summed E-state index contributed by atoms with van der Waals surface area (Å²) in [6.45, 7) is 1.12. The van der Waals surface area contributed by atoms with Gasteiger partial charge >= 0.3 is 0 Å². The van der Waals surface area contributed by atoms with E-state index in [0.717, 1.165) is 5.69 Å². The van der Waals surface area contributed by atoms with E-state index >= 15 is 0 Å². The predicted molar refractivity (Wildman–Crippen MR) is 90.0 cm³/mol. The molecule has 0 aromatic carbocycles. The van der Waals surface area contributed by atoms with E-state index in [2.05, 4.69) is 20.3 Å². The summed E-state index contributed by atoms with van der Waals surface area (Å²) >= 11 is 0. The average Bonchev–Trinajstić information content (AvgIpc) is 3.35. The number of rotatable bonds is 4. The first kappa shape index (κ1) is 15.4. The third-order valence-electron chi connectivity index (χ3n) is 4.36. The fourth-order valence-electron chi connectivity index (χ4n) is 3.15. The molecule has 2 atom stereocenters. The number of carbonyl (C=O) groups is 1. The van der Waals surface area contributed by atoms with Crippen LogP contribution in [0.5, 0.6) is 0 Å². The van der Waals surface area contributed by atoms with Crippen LogP contribution in [-0.2, 0) is 7.05 Å². The van der Waals surface area contributed by atoms with E-state index in [9.17, 15) is 4.79 Å². The van der Waals surface area contributed by atoms with Gasteiger partial charge in [0, 0.05) is 44.6 Å². The minimum Gasteiger partial charge on any atom is -0.472 e. The Morgan fingerprint density at radius 3 is 2.80 bits per heavy atom. The van der Waals surface area contributed by atoms with E-state index in [1.165, 1.54) is 12.5 Å². The monoisotopic (exact) mass is 338 g/mol. The van der Waals surface area contributed by atoms with Crippen LogP contribution < -0.4 is 5.32 Å². The van der Waals surface area contributed by atoms with Gasteiger partial charge < -0.3 is 19.2 Å². The molecular weight excluding hydrogens is 320 g/mol. The Kier molecular flexibility index (Phi) is 3.93. The first-order chi connectivity index (χ1) is 12.2. The number of hydrogen-bond donors (Lipinski definition) is 1. The number of aromatic nitrogens is 4. The fourth-order valence-corrected chi connectivity index (χ4v) is 3.15. The number of furan rings is 1. The van der Waals surface area contributed by atoms with Crippen molar-refractivity contribution in [2.24, 2.45) is 7.05 Å². The smallest absolute Gasteiger partial charge is 0.257 e. The number of aryl methyl sites for hydroxylation is 1. The molecule has 3 aromatic heterocycles. The molecule has 8 nitrogen and oxygen atoms in total. The summed E-state index contributed by atoms with van der Waals surface area (Å²) in [5.41, 5.74) is 1.50. The normalized spacial score (nSPS) is 20.0. The largest absolute Gasteiger partial charge is 0.472 e. The lowest BCUT2D eigenvalue weighted by Crippen LogP contribution is -2.32. The van der Waals surface area contributed by atoms with Gasteiger partial charge in [0.25, 0.3) is 5.91 Å². The second-order valence-corrected chi connectivity index (χ2v) is 6.12. The van der Waals surface area contributed by atoms with Gasteiger partial charge in [0.1, 0.15) is 6.26 Å². The van der Waals surface area contributed by atoms with Crippen LogP contribution in [-0.4, -0.2) is 49.5 Å². The molecule has 0 spiro atoms. The molecule has 0 aliphatic carbocycles. The molecule has 4 heterocycles. The van der Waals surface area contributed by atoms with Gasteiger partial charge in [-0.25, -0.2) is 15.0 Å². The highest BCUT2D eigenvalue weighted by molar-refractivity contribution is 5.94. The molecule has 0 radical (unpaired) electrons. The third-order valence-corrected chi connectivity index (χ3v) is 4.36. The van der Waals surface area contributed by atoms with Crippen molar-refractivity contribution in [1.29, 1.82) is 0 Å². The molecule has 0 saturated carbocycles. The minimum atomic E-state index is -0.0482. The molecule has 1 aliphatic heterocycles. The maximum atomic E-state index is 12.7. The average molecular weight is 338 g/mol. The van der Waals surface area contributed by atoms with Crippen LogP contribution in [0.15, 0.2) is 54.0 Å². The van der Waals surface area contributed by atoms with Gasteiger partial charge in [-0.1, -0.05) is 0 Å². The lowest BCUT2D eigenvalue weighted by molar-refractivity contribution is 0.0789. The summed E-state index contributed by atoms with van der Waals surface area (Å²) in [5, 5.41) is 3.34. The van der Waals surface area contributed by atoms with Gasteiger partial charge in [-0.3, -0.25) is 4.79 Å². The van der Waals surface area contributed by atoms with Crippen molar-refractivity contribution in [2.75, 3.05) is 18.4 Å². The summed E-state index contributed by atoms with van der Waals surface area (Å²) < 4.78 is 6.94. The molecule has 1 amide bonds. The SMILES string of the molecule is Cn1cnc([C@@H]2CN(C(=O)c3ccoc3)C[C@H]2Nc2ncccn2)c1. The number of likely N-dealkylation sites (tertiary alicyclic amines) is 1. The molecule has 8 heteroatoms. The zero-order valence-electron chi connectivity index (χ0n) is 13.7. The Morgan fingerprint density at radius 1 is 1.28 bits per heavy atom. The minimum absolute atomic E-state index is 0.0202. The number of imidazole rings is 1. The Morgan fingerprint density at radius 2 is 2.12 bits per heavy atom. The number of hydrogen-bond acceptors (Lipinski definition) is 6. The summed E-state index contributed by atoms with van der Waals surface area (Å²) in [5.74, 6) is 0.555. The van der Waals surface area contributed by atoms with Crippen molar-refractivity contribution < 1.29 is 9.21 Å². The van der Waals surface area contributed by atoms with Crippen LogP contribution in [0.25, 0.3) is 0 Å². The predicted octanol–water partition coefficient (Wildman–Crippen LogP) is 1.52. The quantitative estimate of drug-likeness (QED) is 0.776. The lowest BCUT2D eigenvalue weighted by atomic mass is 10.0. The van der Waals surface area contributed by atoms with Crippen molar-refractivity contribution in [3.8, 4) is 0 Å².